The molecule has 0 amide bonds. The number of hydrogen-bond acceptors (Lipinski definition) is 2. The summed E-state index contributed by atoms with van der Waals surface area (Å²) in [5.41, 5.74) is 6.29. The smallest absolute Gasteiger partial charge is 0.128 e. The van der Waals surface area contributed by atoms with Gasteiger partial charge in [-0.2, -0.15) is 0 Å². The van der Waals surface area contributed by atoms with Gasteiger partial charge in [-0.05, 0) is 52.3 Å². The Hall–Kier alpha value is -1.19. The molecule has 82 valence electrons. The molecular formula is C12H9BrClNO. The molecule has 4 heteroatoms. The first kappa shape index (κ1) is 11.3. The molecule has 0 radical (unpaired) electrons. The van der Waals surface area contributed by atoms with Crippen LogP contribution in [0.25, 0.3) is 0 Å². The third kappa shape index (κ3) is 2.68. The van der Waals surface area contributed by atoms with E-state index < -0.39 is 0 Å². The van der Waals surface area contributed by atoms with Gasteiger partial charge in [0.1, 0.15) is 11.5 Å². The minimum atomic E-state index is 0.618. The zero-order chi connectivity index (χ0) is 11.5. The van der Waals surface area contributed by atoms with Crippen LogP contribution in [0.4, 0.5) is 5.69 Å². The molecule has 0 heterocycles. The summed E-state index contributed by atoms with van der Waals surface area (Å²) in [6, 6.07) is 12.6. The van der Waals surface area contributed by atoms with Crippen LogP contribution in [0.2, 0.25) is 5.02 Å². The van der Waals surface area contributed by atoms with Crippen molar-refractivity contribution >= 4 is 33.2 Å². The Labute approximate surface area is 107 Å². The van der Waals surface area contributed by atoms with E-state index in [1.807, 2.05) is 24.3 Å². The number of hydrogen-bond donors (Lipinski definition) is 1. The lowest BCUT2D eigenvalue weighted by Gasteiger charge is -2.06. The molecule has 0 unspecified atom stereocenters. The quantitative estimate of drug-likeness (QED) is 0.830. The second-order valence-corrected chi connectivity index (χ2v) is 4.51. The number of anilines is 1. The Morgan fingerprint density at radius 1 is 1.00 bits per heavy atom. The van der Waals surface area contributed by atoms with Gasteiger partial charge < -0.3 is 10.5 Å². The molecule has 0 aliphatic heterocycles. The van der Waals surface area contributed by atoms with Crippen LogP contribution in [0, 0.1) is 0 Å². The van der Waals surface area contributed by atoms with Gasteiger partial charge in [-0.15, -0.1) is 0 Å². The number of nitrogens with two attached hydrogens (primary N) is 1. The molecule has 0 bridgehead atoms. The number of benzene rings is 2. The predicted molar refractivity (Wildman–Crippen MR) is 70.1 cm³/mol. The van der Waals surface area contributed by atoms with Crippen LogP contribution < -0.4 is 10.5 Å². The fraction of sp³-hybridized carbons (Fsp3) is 0. The summed E-state index contributed by atoms with van der Waals surface area (Å²) < 4.78 is 6.45. The summed E-state index contributed by atoms with van der Waals surface area (Å²) >= 11 is 9.28. The number of nitrogen functional groups attached to an aromatic ring is 1. The first-order chi connectivity index (χ1) is 7.65. The van der Waals surface area contributed by atoms with Gasteiger partial charge in [-0.25, -0.2) is 0 Å². The maximum atomic E-state index is 5.96. The molecule has 2 nitrogen and oxygen atoms in total. The zero-order valence-electron chi connectivity index (χ0n) is 8.28. The van der Waals surface area contributed by atoms with E-state index in [2.05, 4.69) is 15.9 Å². The van der Waals surface area contributed by atoms with Gasteiger partial charge in [-0.3, -0.25) is 0 Å². The van der Waals surface area contributed by atoms with E-state index in [0.717, 1.165) is 10.2 Å². The summed E-state index contributed by atoms with van der Waals surface area (Å²) in [6.45, 7) is 0. The molecule has 0 spiro atoms. The van der Waals surface area contributed by atoms with E-state index in [4.69, 9.17) is 22.1 Å². The van der Waals surface area contributed by atoms with Crippen LogP contribution in [-0.4, -0.2) is 0 Å². The first-order valence-corrected chi connectivity index (χ1v) is 5.81. The molecule has 2 rings (SSSR count). The van der Waals surface area contributed by atoms with Crippen molar-refractivity contribution in [1.29, 1.82) is 0 Å². The number of halogens is 2. The van der Waals surface area contributed by atoms with Crippen molar-refractivity contribution in [3.63, 3.8) is 0 Å². The van der Waals surface area contributed by atoms with Crippen molar-refractivity contribution in [1.82, 2.24) is 0 Å². The average Bonchev–Trinajstić information content (AvgIpc) is 2.27. The maximum absolute atomic E-state index is 5.96. The fourth-order valence-corrected chi connectivity index (χ4v) is 1.63. The highest BCUT2D eigenvalue weighted by Crippen LogP contribution is 2.29. The molecule has 0 saturated heterocycles. The lowest BCUT2D eigenvalue weighted by atomic mass is 10.3. The molecule has 0 aromatic heterocycles. The standard InChI is InChI=1S/C12H9BrClNO/c13-11-6-5-10(7-12(11)14)16-9-3-1-8(15)2-4-9/h1-7H,15H2. The molecule has 0 atom stereocenters. The molecule has 0 fully saturated rings. The molecular weight excluding hydrogens is 289 g/mol. The highest BCUT2D eigenvalue weighted by atomic mass is 79.9. The molecule has 2 aromatic carbocycles. The van der Waals surface area contributed by atoms with Crippen LogP contribution in [-0.2, 0) is 0 Å². The van der Waals surface area contributed by atoms with Gasteiger partial charge in [0.25, 0.3) is 0 Å². The summed E-state index contributed by atoms with van der Waals surface area (Å²) in [6.07, 6.45) is 0. The van der Waals surface area contributed by atoms with Gasteiger partial charge in [0.2, 0.25) is 0 Å². The Morgan fingerprint density at radius 3 is 2.25 bits per heavy atom. The Kier molecular flexibility index (Phi) is 3.36. The van der Waals surface area contributed by atoms with Crippen molar-refractivity contribution in [2.75, 3.05) is 5.73 Å². The second kappa shape index (κ2) is 4.76. The van der Waals surface area contributed by atoms with Gasteiger partial charge in [0, 0.05) is 16.2 Å². The van der Waals surface area contributed by atoms with E-state index in [1.165, 1.54) is 0 Å². The third-order valence-electron chi connectivity index (χ3n) is 2.01. The second-order valence-electron chi connectivity index (χ2n) is 3.25. The van der Waals surface area contributed by atoms with E-state index >= 15 is 0 Å². The molecule has 0 aliphatic carbocycles. The van der Waals surface area contributed by atoms with Crippen LogP contribution in [0.15, 0.2) is 46.9 Å². The molecule has 16 heavy (non-hydrogen) atoms. The van der Waals surface area contributed by atoms with Crippen molar-refractivity contribution < 1.29 is 4.74 Å². The molecule has 0 saturated carbocycles. The highest BCUT2D eigenvalue weighted by Gasteiger charge is 2.01. The van der Waals surface area contributed by atoms with Gasteiger partial charge in [0.15, 0.2) is 0 Å². The Balaban J connectivity index is 2.20. The summed E-state index contributed by atoms with van der Waals surface area (Å²) in [4.78, 5) is 0. The van der Waals surface area contributed by atoms with E-state index in [9.17, 15) is 0 Å². The topological polar surface area (TPSA) is 35.2 Å². The highest BCUT2D eigenvalue weighted by molar-refractivity contribution is 9.10. The van der Waals surface area contributed by atoms with Crippen LogP contribution in [0.1, 0.15) is 0 Å². The zero-order valence-corrected chi connectivity index (χ0v) is 10.6. The molecule has 2 aromatic rings. The molecule has 2 N–H and O–H groups in total. The monoisotopic (exact) mass is 297 g/mol. The lowest BCUT2D eigenvalue weighted by molar-refractivity contribution is 0.483. The van der Waals surface area contributed by atoms with Gasteiger partial charge in [-0.1, -0.05) is 11.6 Å². The van der Waals surface area contributed by atoms with Crippen LogP contribution in [0.5, 0.6) is 11.5 Å². The van der Waals surface area contributed by atoms with E-state index in [-0.39, 0.29) is 0 Å². The van der Waals surface area contributed by atoms with Crippen molar-refractivity contribution in [2.45, 2.75) is 0 Å². The average molecular weight is 299 g/mol. The maximum Gasteiger partial charge on any atom is 0.128 e. The van der Waals surface area contributed by atoms with E-state index in [1.54, 1.807) is 18.2 Å². The summed E-state index contributed by atoms with van der Waals surface area (Å²) in [5, 5.41) is 0.618. The van der Waals surface area contributed by atoms with Crippen LogP contribution >= 0.6 is 27.5 Å². The van der Waals surface area contributed by atoms with Crippen molar-refractivity contribution in [3.05, 3.63) is 52.0 Å². The molecule has 0 aliphatic rings. The fourth-order valence-electron chi connectivity index (χ4n) is 1.21. The minimum absolute atomic E-state index is 0.618. The Morgan fingerprint density at radius 2 is 1.62 bits per heavy atom. The summed E-state index contributed by atoms with van der Waals surface area (Å²) in [5.74, 6) is 1.42. The SMILES string of the molecule is Nc1ccc(Oc2ccc(Br)c(Cl)c2)cc1. The minimum Gasteiger partial charge on any atom is -0.457 e. The van der Waals surface area contributed by atoms with Crippen LogP contribution in [0.3, 0.4) is 0 Å². The largest absolute Gasteiger partial charge is 0.457 e. The lowest BCUT2D eigenvalue weighted by Crippen LogP contribution is -1.86. The predicted octanol–water partition coefficient (Wildman–Crippen LogP) is 4.48. The van der Waals surface area contributed by atoms with Crippen molar-refractivity contribution in [3.8, 4) is 11.5 Å². The normalized spacial score (nSPS) is 10.1. The third-order valence-corrected chi connectivity index (χ3v) is 3.24. The Bertz CT molecular complexity index is 499. The van der Waals surface area contributed by atoms with E-state index in [0.29, 0.717) is 16.5 Å². The van der Waals surface area contributed by atoms with Gasteiger partial charge >= 0.3 is 0 Å². The van der Waals surface area contributed by atoms with Gasteiger partial charge in [0.05, 0.1) is 5.02 Å². The van der Waals surface area contributed by atoms with Crippen molar-refractivity contribution in [2.24, 2.45) is 0 Å². The first-order valence-electron chi connectivity index (χ1n) is 4.63. The number of ether oxygens (including phenoxy) is 1. The summed E-state index contributed by atoms with van der Waals surface area (Å²) in [7, 11) is 0. The number of rotatable bonds is 2.